The van der Waals surface area contributed by atoms with Crippen molar-refractivity contribution in [3.8, 4) is 17.2 Å². The number of hydrogen-bond donors (Lipinski definition) is 4. The lowest BCUT2D eigenvalue weighted by Crippen LogP contribution is -2.48. The molecule has 0 radical (unpaired) electrons. The summed E-state index contributed by atoms with van der Waals surface area (Å²) in [6.45, 7) is 6.79. The SMILES string of the molecule is CC1CN(Cc2cccc(-c3cccc(CNC(=O)c4cccc(C#N)c4)c3)c2)CCN1.O=C(O)C(F)(F)F.O=C(O)C(F)(F)F. The number of carbonyl (C=O) groups is 3. The number of carboxylic acid groups (broad SMARTS) is 2. The zero-order valence-corrected chi connectivity index (χ0v) is 24.3. The molecule has 1 saturated heterocycles. The maximum absolute atomic E-state index is 12.5. The number of alkyl halides is 6. The van der Waals surface area contributed by atoms with Crippen LogP contribution in [0.25, 0.3) is 11.1 Å². The second-order valence-corrected chi connectivity index (χ2v) is 9.97. The van der Waals surface area contributed by atoms with E-state index in [1.807, 2.05) is 12.1 Å². The first kappa shape index (κ1) is 37.2. The van der Waals surface area contributed by atoms with E-state index in [0.29, 0.717) is 23.7 Å². The Labute approximate surface area is 260 Å². The van der Waals surface area contributed by atoms with Gasteiger partial charge in [0.15, 0.2) is 0 Å². The summed E-state index contributed by atoms with van der Waals surface area (Å²) in [5.41, 5.74) is 5.64. The molecule has 246 valence electrons. The summed E-state index contributed by atoms with van der Waals surface area (Å²) in [6, 6.07) is 26.3. The van der Waals surface area contributed by atoms with Crippen molar-refractivity contribution < 1.29 is 50.9 Å². The summed E-state index contributed by atoms with van der Waals surface area (Å²) in [7, 11) is 0. The molecule has 1 fully saturated rings. The van der Waals surface area contributed by atoms with Gasteiger partial charge in [-0.1, -0.05) is 42.5 Å². The van der Waals surface area contributed by atoms with E-state index in [1.165, 1.54) is 11.1 Å². The first-order chi connectivity index (χ1) is 21.5. The van der Waals surface area contributed by atoms with Crippen molar-refractivity contribution in [2.45, 2.75) is 38.4 Å². The number of nitrogens with one attached hydrogen (secondary N) is 2. The molecule has 3 aromatic rings. The molecule has 1 unspecified atom stereocenters. The lowest BCUT2D eigenvalue weighted by Gasteiger charge is -2.31. The molecule has 0 aromatic heterocycles. The molecule has 15 heteroatoms. The summed E-state index contributed by atoms with van der Waals surface area (Å²) < 4.78 is 63.5. The highest BCUT2D eigenvalue weighted by Gasteiger charge is 2.38. The number of benzene rings is 3. The Morgan fingerprint density at radius 2 is 1.41 bits per heavy atom. The molecule has 0 saturated carbocycles. The second-order valence-electron chi connectivity index (χ2n) is 9.97. The molecular formula is C31H30F6N4O5. The van der Waals surface area contributed by atoms with Crippen molar-refractivity contribution >= 4 is 17.8 Å². The third kappa shape index (κ3) is 13.0. The average Bonchev–Trinajstić information content (AvgIpc) is 3.00. The number of piperazine rings is 1. The number of halogens is 6. The van der Waals surface area contributed by atoms with Gasteiger partial charge in [-0.25, -0.2) is 9.59 Å². The van der Waals surface area contributed by atoms with E-state index in [-0.39, 0.29) is 5.91 Å². The molecule has 46 heavy (non-hydrogen) atoms. The molecule has 4 rings (SSSR count). The highest BCUT2D eigenvalue weighted by molar-refractivity contribution is 5.94. The van der Waals surface area contributed by atoms with Gasteiger partial charge in [-0.05, 0) is 59.5 Å². The Morgan fingerprint density at radius 1 is 0.891 bits per heavy atom. The summed E-state index contributed by atoms with van der Waals surface area (Å²) in [5.74, 6) is -5.69. The Bertz CT molecular complexity index is 1510. The highest BCUT2D eigenvalue weighted by atomic mass is 19.4. The van der Waals surface area contributed by atoms with Crippen molar-refractivity contribution in [3.63, 3.8) is 0 Å². The van der Waals surface area contributed by atoms with Crippen LogP contribution in [0.5, 0.6) is 0 Å². The van der Waals surface area contributed by atoms with Crippen molar-refractivity contribution in [3.05, 3.63) is 95.1 Å². The van der Waals surface area contributed by atoms with Gasteiger partial charge in [-0.3, -0.25) is 9.69 Å². The first-order valence-electron chi connectivity index (χ1n) is 13.5. The Morgan fingerprint density at radius 3 is 1.93 bits per heavy atom. The predicted molar refractivity (Wildman–Crippen MR) is 154 cm³/mol. The quantitative estimate of drug-likeness (QED) is 0.266. The molecule has 0 aliphatic carbocycles. The fourth-order valence-corrected chi connectivity index (χ4v) is 4.14. The molecule has 0 spiro atoms. The minimum absolute atomic E-state index is 0.181. The molecule has 0 bridgehead atoms. The molecule has 3 aromatic carbocycles. The normalized spacial score (nSPS) is 14.8. The maximum atomic E-state index is 12.5. The van der Waals surface area contributed by atoms with E-state index in [9.17, 15) is 31.1 Å². The second kappa shape index (κ2) is 16.9. The molecule has 1 aliphatic rings. The zero-order chi connectivity index (χ0) is 34.5. The van der Waals surface area contributed by atoms with Gasteiger partial charge in [0.25, 0.3) is 5.91 Å². The van der Waals surface area contributed by atoms with Crippen molar-refractivity contribution in [1.82, 2.24) is 15.5 Å². The Kier molecular flexibility index (Phi) is 13.7. The number of aliphatic carboxylic acids is 2. The molecule has 1 aliphatic heterocycles. The standard InChI is InChI=1S/C27H28N4O.2C2HF3O2/c1-20-18-31(12-11-29-20)19-23-7-4-9-25(15-23)24-8-3-6-22(14-24)17-30-27(32)26-10-2-5-21(13-26)16-28;2*3-2(4,5)1(6)7/h2-10,13-15,20,29H,11-12,17-19H2,1H3,(H,30,32);2*(H,6,7). The van der Waals surface area contributed by atoms with Gasteiger partial charge in [-0.2, -0.15) is 31.6 Å². The van der Waals surface area contributed by atoms with E-state index < -0.39 is 24.3 Å². The van der Waals surface area contributed by atoms with E-state index >= 15 is 0 Å². The van der Waals surface area contributed by atoms with Crippen molar-refractivity contribution in [2.24, 2.45) is 0 Å². The van der Waals surface area contributed by atoms with Gasteiger partial charge in [0.1, 0.15) is 0 Å². The van der Waals surface area contributed by atoms with Crippen LogP contribution in [0.2, 0.25) is 0 Å². The lowest BCUT2D eigenvalue weighted by molar-refractivity contribution is -0.193. The third-order valence-corrected chi connectivity index (χ3v) is 6.24. The number of carbonyl (C=O) groups excluding carboxylic acids is 1. The number of nitriles is 1. The first-order valence-corrected chi connectivity index (χ1v) is 13.5. The molecule has 4 N–H and O–H groups in total. The fourth-order valence-electron chi connectivity index (χ4n) is 4.14. The van der Waals surface area contributed by atoms with E-state index in [2.05, 4.69) is 64.9 Å². The minimum Gasteiger partial charge on any atom is -0.475 e. The maximum Gasteiger partial charge on any atom is 0.490 e. The molecule has 1 amide bonds. The topological polar surface area (TPSA) is 143 Å². The van der Waals surface area contributed by atoms with Gasteiger partial charge < -0.3 is 20.8 Å². The Hall–Kier alpha value is -4.94. The van der Waals surface area contributed by atoms with Crippen molar-refractivity contribution in [1.29, 1.82) is 5.26 Å². The molecule has 9 nitrogen and oxygen atoms in total. The predicted octanol–water partition coefficient (Wildman–Crippen LogP) is 5.22. The van der Waals surface area contributed by atoms with E-state index in [1.54, 1.807) is 24.3 Å². The fraction of sp³-hybridized carbons (Fsp3) is 0.290. The summed E-state index contributed by atoms with van der Waals surface area (Å²) >= 11 is 0. The molecule has 1 atom stereocenters. The smallest absolute Gasteiger partial charge is 0.475 e. The number of hydrogen-bond acceptors (Lipinski definition) is 6. The minimum atomic E-state index is -5.08. The van der Waals surface area contributed by atoms with Crippen LogP contribution in [0.4, 0.5) is 26.3 Å². The largest absolute Gasteiger partial charge is 0.490 e. The zero-order valence-electron chi connectivity index (χ0n) is 24.3. The third-order valence-electron chi connectivity index (χ3n) is 6.24. The lowest BCUT2D eigenvalue weighted by atomic mass is 10.0. The van der Waals surface area contributed by atoms with Gasteiger partial charge in [0.2, 0.25) is 0 Å². The molecular weight excluding hydrogens is 622 g/mol. The highest BCUT2D eigenvalue weighted by Crippen LogP contribution is 2.23. The van der Waals surface area contributed by atoms with Gasteiger partial charge in [0.05, 0.1) is 11.6 Å². The van der Waals surface area contributed by atoms with Crippen LogP contribution in [0, 0.1) is 11.3 Å². The van der Waals surface area contributed by atoms with Crippen LogP contribution in [0.3, 0.4) is 0 Å². The number of carboxylic acids is 2. The summed E-state index contributed by atoms with van der Waals surface area (Å²) in [6.07, 6.45) is -10.2. The van der Waals surface area contributed by atoms with E-state index in [4.69, 9.17) is 25.1 Å². The van der Waals surface area contributed by atoms with Gasteiger partial charge >= 0.3 is 24.3 Å². The van der Waals surface area contributed by atoms with Crippen LogP contribution < -0.4 is 10.6 Å². The van der Waals surface area contributed by atoms with Crippen LogP contribution in [-0.2, 0) is 22.7 Å². The van der Waals surface area contributed by atoms with Crippen LogP contribution >= 0.6 is 0 Å². The van der Waals surface area contributed by atoms with Crippen LogP contribution in [0.15, 0.2) is 72.8 Å². The molecule has 1 heterocycles. The van der Waals surface area contributed by atoms with Gasteiger partial charge in [0, 0.05) is 44.3 Å². The monoisotopic (exact) mass is 652 g/mol. The summed E-state index contributed by atoms with van der Waals surface area (Å²) in [4.78, 5) is 32.8. The number of rotatable bonds is 6. The van der Waals surface area contributed by atoms with Crippen molar-refractivity contribution in [2.75, 3.05) is 19.6 Å². The van der Waals surface area contributed by atoms with Crippen LogP contribution in [-0.4, -0.2) is 71.0 Å². The Balaban J connectivity index is 0.000000440. The number of amides is 1. The summed E-state index contributed by atoms with van der Waals surface area (Å²) in [5, 5.41) is 29.7. The van der Waals surface area contributed by atoms with E-state index in [0.717, 1.165) is 37.3 Å². The van der Waals surface area contributed by atoms with Crippen LogP contribution in [0.1, 0.15) is 34.0 Å². The number of nitrogens with zero attached hydrogens (tertiary/aromatic N) is 2. The average molecular weight is 653 g/mol. The van der Waals surface area contributed by atoms with Gasteiger partial charge in [-0.15, -0.1) is 0 Å².